The predicted molar refractivity (Wildman–Crippen MR) is 110 cm³/mol. The average molecular weight is 427 g/mol. The van der Waals surface area contributed by atoms with E-state index in [1.54, 1.807) is 4.90 Å². The number of nitrogens with one attached hydrogen (secondary N) is 1. The molecule has 1 aliphatic rings. The van der Waals surface area contributed by atoms with Gasteiger partial charge in [-0.05, 0) is 31.9 Å². The third-order valence-corrected chi connectivity index (χ3v) is 8.13. The Bertz CT molecular complexity index is 914. The van der Waals surface area contributed by atoms with Crippen molar-refractivity contribution >= 4 is 49.7 Å². The van der Waals surface area contributed by atoms with Gasteiger partial charge in [-0.25, -0.2) is 8.42 Å². The minimum Gasteiger partial charge on any atom is -0.338 e. The maximum absolute atomic E-state index is 12.5. The number of aromatic nitrogens is 2. The van der Waals surface area contributed by atoms with E-state index in [1.807, 2.05) is 38.1 Å². The number of amides is 1. The molecule has 146 valence electrons. The zero-order valence-corrected chi connectivity index (χ0v) is 17.7. The maximum Gasteiger partial charge on any atom is 0.233 e. The highest BCUT2D eigenvalue weighted by Gasteiger charge is 2.33. The summed E-state index contributed by atoms with van der Waals surface area (Å²) < 4.78 is 24.0. The summed E-state index contributed by atoms with van der Waals surface area (Å²) in [5.74, 6) is 0.399. The Kier molecular flexibility index (Phi) is 6.38. The number of benzene rings is 1. The first kappa shape index (κ1) is 20.1. The van der Waals surface area contributed by atoms with Crippen molar-refractivity contribution in [2.24, 2.45) is 0 Å². The summed E-state index contributed by atoms with van der Waals surface area (Å²) in [4.78, 5) is 14.2. The lowest BCUT2D eigenvalue weighted by Gasteiger charge is -2.26. The molecular weight excluding hydrogens is 404 g/mol. The van der Waals surface area contributed by atoms with Crippen molar-refractivity contribution in [3.8, 4) is 0 Å². The summed E-state index contributed by atoms with van der Waals surface area (Å²) in [5.41, 5.74) is 2.09. The highest BCUT2D eigenvalue weighted by atomic mass is 32.2. The van der Waals surface area contributed by atoms with Gasteiger partial charge in [-0.15, -0.1) is 10.2 Å². The summed E-state index contributed by atoms with van der Waals surface area (Å²) >= 11 is 2.72. The average Bonchev–Trinajstić information content (AvgIpc) is 3.22. The fourth-order valence-corrected chi connectivity index (χ4v) is 6.39. The van der Waals surface area contributed by atoms with Crippen molar-refractivity contribution in [3.05, 3.63) is 29.8 Å². The smallest absolute Gasteiger partial charge is 0.233 e. The van der Waals surface area contributed by atoms with E-state index in [2.05, 4.69) is 15.5 Å². The van der Waals surface area contributed by atoms with E-state index in [0.717, 1.165) is 11.3 Å². The van der Waals surface area contributed by atoms with Gasteiger partial charge in [0.05, 0.1) is 17.3 Å². The molecule has 1 aromatic heterocycles. The van der Waals surface area contributed by atoms with Gasteiger partial charge < -0.3 is 10.2 Å². The molecular formula is C17H22N4O3S3. The van der Waals surface area contributed by atoms with Gasteiger partial charge in [-0.2, -0.15) is 0 Å². The van der Waals surface area contributed by atoms with Gasteiger partial charge in [0.25, 0.3) is 0 Å². The Labute approximate surface area is 167 Å². The largest absolute Gasteiger partial charge is 0.338 e. The molecule has 0 spiro atoms. The highest BCUT2D eigenvalue weighted by molar-refractivity contribution is 8.01. The van der Waals surface area contributed by atoms with Crippen LogP contribution in [0.25, 0.3) is 0 Å². The summed E-state index contributed by atoms with van der Waals surface area (Å²) in [7, 11) is -3.01. The van der Waals surface area contributed by atoms with Crippen LogP contribution in [0.2, 0.25) is 0 Å². The predicted octanol–water partition coefficient (Wildman–Crippen LogP) is 2.72. The quantitative estimate of drug-likeness (QED) is 0.681. The summed E-state index contributed by atoms with van der Waals surface area (Å²) in [5, 5.41) is 12.2. The van der Waals surface area contributed by atoms with Crippen molar-refractivity contribution in [1.82, 2.24) is 15.1 Å². The molecule has 1 aliphatic heterocycles. The molecule has 1 amide bonds. The Morgan fingerprint density at radius 3 is 2.81 bits per heavy atom. The number of rotatable bonds is 7. The van der Waals surface area contributed by atoms with Gasteiger partial charge in [0.1, 0.15) is 0 Å². The van der Waals surface area contributed by atoms with Crippen molar-refractivity contribution in [1.29, 1.82) is 0 Å². The van der Waals surface area contributed by atoms with Gasteiger partial charge in [0.15, 0.2) is 14.2 Å². The Hall–Kier alpha value is -1.65. The summed E-state index contributed by atoms with van der Waals surface area (Å²) in [6.45, 7) is 4.40. The molecule has 1 N–H and O–H groups in total. The zero-order chi connectivity index (χ0) is 19.4. The van der Waals surface area contributed by atoms with Crippen molar-refractivity contribution < 1.29 is 13.2 Å². The van der Waals surface area contributed by atoms with Gasteiger partial charge >= 0.3 is 0 Å². The molecule has 1 aromatic carbocycles. The second-order valence-electron chi connectivity index (χ2n) is 6.34. The van der Waals surface area contributed by atoms with Crippen molar-refractivity contribution in [3.63, 3.8) is 0 Å². The Balaban J connectivity index is 1.56. The number of carbonyl (C=O) groups is 1. The van der Waals surface area contributed by atoms with Crippen LogP contribution in [-0.4, -0.2) is 59.3 Å². The number of carbonyl (C=O) groups excluding carboxylic acids is 1. The van der Waals surface area contributed by atoms with Gasteiger partial charge in [-0.1, -0.05) is 41.3 Å². The van der Waals surface area contributed by atoms with Gasteiger partial charge in [-0.3, -0.25) is 4.79 Å². The first-order valence-corrected chi connectivity index (χ1v) is 12.3. The lowest BCUT2D eigenvalue weighted by atomic mass is 10.2. The van der Waals surface area contributed by atoms with Crippen LogP contribution in [0, 0.1) is 6.92 Å². The minimum atomic E-state index is -3.01. The summed E-state index contributed by atoms with van der Waals surface area (Å²) in [6.07, 6.45) is 0.524. The minimum absolute atomic E-state index is 0.0618. The van der Waals surface area contributed by atoms with Crippen LogP contribution in [0.1, 0.15) is 18.9 Å². The lowest BCUT2D eigenvalue weighted by Crippen LogP contribution is -2.41. The molecule has 0 radical (unpaired) electrons. The fourth-order valence-electron chi connectivity index (χ4n) is 3.01. The van der Waals surface area contributed by atoms with Crippen LogP contribution in [0.4, 0.5) is 10.8 Å². The monoisotopic (exact) mass is 426 g/mol. The van der Waals surface area contributed by atoms with Crippen LogP contribution in [-0.2, 0) is 14.6 Å². The van der Waals surface area contributed by atoms with Crippen molar-refractivity contribution in [2.75, 3.05) is 29.1 Å². The lowest BCUT2D eigenvalue weighted by molar-refractivity contribution is -0.129. The van der Waals surface area contributed by atoms with E-state index >= 15 is 0 Å². The summed E-state index contributed by atoms with van der Waals surface area (Å²) in [6, 6.07) is 7.71. The molecule has 1 saturated heterocycles. The molecule has 0 saturated carbocycles. The second-order valence-corrected chi connectivity index (χ2v) is 10.8. The number of hydrogen-bond donors (Lipinski definition) is 1. The number of thioether (sulfide) groups is 1. The van der Waals surface area contributed by atoms with E-state index in [-0.39, 0.29) is 29.2 Å². The van der Waals surface area contributed by atoms with E-state index < -0.39 is 9.84 Å². The van der Waals surface area contributed by atoms with Crippen LogP contribution in [0.15, 0.2) is 28.6 Å². The van der Waals surface area contributed by atoms with E-state index in [1.165, 1.54) is 23.1 Å². The van der Waals surface area contributed by atoms with Crippen LogP contribution < -0.4 is 5.32 Å². The SMILES string of the molecule is CCN(C(=O)CSc1nnc(Nc2ccccc2C)s1)C1CCS(=O)(=O)C1. The van der Waals surface area contributed by atoms with Crippen LogP contribution in [0.5, 0.6) is 0 Å². The molecule has 27 heavy (non-hydrogen) atoms. The number of para-hydroxylation sites is 1. The standard InChI is InChI=1S/C17H22N4O3S3/c1-3-21(13-8-9-27(23,24)11-13)15(22)10-25-17-20-19-16(26-17)18-14-7-5-4-6-12(14)2/h4-7,13H,3,8-11H2,1-2H3,(H,18,19). The molecule has 2 aromatic rings. The molecule has 7 nitrogen and oxygen atoms in total. The van der Waals surface area contributed by atoms with Crippen LogP contribution in [0.3, 0.4) is 0 Å². The van der Waals surface area contributed by atoms with Gasteiger partial charge in [0, 0.05) is 18.3 Å². The normalized spacial score (nSPS) is 18.4. The van der Waals surface area contributed by atoms with E-state index in [0.29, 0.717) is 22.4 Å². The highest BCUT2D eigenvalue weighted by Crippen LogP contribution is 2.29. The maximum atomic E-state index is 12.5. The first-order chi connectivity index (χ1) is 12.9. The molecule has 3 rings (SSSR count). The molecule has 10 heteroatoms. The number of hydrogen-bond acceptors (Lipinski definition) is 8. The Morgan fingerprint density at radius 1 is 1.37 bits per heavy atom. The number of sulfone groups is 1. The number of nitrogens with zero attached hydrogens (tertiary/aromatic N) is 3. The zero-order valence-electron chi connectivity index (χ0n) is 15.2. The molecule has 0 aliphatic carbocycles. The molecule has 2 heterocycles. The molecule has 1 fully saturated rings. The second kappa shape index (κ2) is 8.57. The topological polar surface area (TPSA) is 92.3 Å². The van der Waals surface area contributed by atoms with Crippen LogP contribution >= 0.6 is 23.1 Å². The number of anilines is 2. The molecule has 0 bridgehead atoms. The third kappa shape index (κ3) is 5.20. The van der Waals surface area contributed by atoms with Gasteiger partial charge in [0.2, 0.25) is 11.0 Å². The fraction of sp³-hybridized carbons (Fsp3) is 0.471. The van der Waals surface area contributed by atoms with E-state index in [9.17, 15) is 13.2 Å². The Morgan fingerprint density at radius 2 is 2.15 bits per heavy atom. The first-order valence-electron chi connectivity index (χ1n) is 8.67. The van der Waals surface area contributed by atoms with E-state index in [4.69, 9.17) is 0 Å². The molecule has 1 unspecified atom stereocenters. The third-order valence-electron chi connectivity index (χ3n) is 4.42. The molecule has 1 atom stereocenters. The van der Waals surface area contributed by atoms with Crippen molar-refractivity contribution in [2.45, 2.75) is 30.6 Å². The number of aryl methyl sites for hydroxylation is 1.